The number of hydrogen-bond acceptors (Lipinski definition) is 3. The standard InChI is InChI=1S/C15H21N3O/c1-12(2)17-9-5-8-15(19)18(3)14-7-4-6-13(10-14)11-16/h4,6-7,10,12,17H,5,8-9H2,1-3H3. The molecule has 4 nitrogen and oxygen atoms in total. The number of benzene rings is 1. The number of nitrogens with one attached hydrogen (secondary N) is 1. The maximum Gasteiger partial charge on any atom is 0.226 e. The Kier molecular flexibility index (Phi) is 6.04. The van der Waals surface area contributed by atoms with Crippen LogP contribution in [-0.2, 0) is 4.79 Å². The molecule has 0 aliphatic carbocycles. The summed E-state index contributed by atoms with van der Waals surface area (Å²) in [6.07, 6.45) is 1.33. The van der Waals surface area contributed by atoms with Crippen LogP contribution in [0.5, 0.6) is 0 Å². The predicted octanol–water partition coefficient (Wildman–Crippen LogP) is 2.30. The van der Waals surface area contributed by atoms with E-state index in [1.54, 1.807) is 30.1 Å². The number of nitriles is 1. The summed E-state index contributed by atoms with van der Waals surface area (Å²) in [7, 11) is 1.74. The molecule has 102 valence electrons. The second-order valence-corrected chi connectivity index (χ2v) is 4.83. The van der Waals surface area contributed by atoms with Crippen LogP contribution < -0.4 is 10.2 Å². The first-order chi connectivity index (χ1) is 9.04. The Hall–Kier alpha value is -1.86. The van der Waals surface area contributed by atoms with Gasteiger partial charge < -0.3 is 10.2 Å². The molecule has 0 unspecified atom stereocenters. The Balaban J connectivity index is 2.50. The highest BCUT2D eigenvalue weighted by atomic mass is 16.2. The van der Waals surface area contributed by atoms with Gasteiger partial charge in [0.2, 0.25) is 5.91 Å². The van der Waals surface area contributed by atoms with Crippen molar-refractivity contribution in [3.8, 4) is 6.07 Å². The molecule has 0 spiro atoms. The van der Waals surface area contributed by atoms with Gasteiger partial charge in [-0.3, -0.25) is 4.79 Å². The summed E-state index contributed by atoms with van der Waals surface area (Å²) in [6, 6.07) is 9.61. The number of rotatable bonds is 6. The van der Waals surface area contributed by atoms with Crippen molar-refractivity contribution in [3.63, 3.8) is 0 Å². The van der Waals surface area contributed by atoms with Crippen LogP contribution >= 0.6 is 0 Å². The molecule has 0 bridgehead atoms. The molecule has 0 atom stereocenters. The average molecular weight is 259 g/mol. The second-order valence-electron chi connectivity index (χ2n) is 4.83. The molecule has 1 aromatic rings. The zero-order valence-corrected chi connectivity index (χ0v) is 11.8. The third-order valence-electron chi connectivity index (χ3n) is 2.86. The van der Waals surface area contributed by atoms with Gasteiger partial charge in [-0.15, -0.1) is 0 Å². The smallest absolute Gasteiger partial charge is 0.226 e. The quantitative estimate of drug-likeness (QED) is 0.797. The van der Waals surface area contributed by atoms with Gasteiger partial charge in [0, 0.05) is 25.2 Å². The fraction of sp³-hybridized carbons (Fsp3) is 0.467. The van der Waals surface area contributed by atoms with Crippen molar-refractivity contribution in [2.45, 2.75) is 32.7 Å². The van der Waals surface area contributed by atoms with Crippen LogP contribution in [0.4, 0.5) is 5.69 Å². The molecular formula is C15H21N3O. The second kappa shape index (κ2) is 7.55. The monoisotopic (exact) mass is 259 g/mol. The lowest BCUT2D eigenvalue weighted by Crippen LogP contribution is -2.28. The minimum absolute atomic E-state index is 0.0700. The summed E-state index contributed by atoms with van der Waals surface area (Å²) in [5.41, 5.74) is 1.33. The summed E-state index contributed by atoms with van der Waals surface area (Å²) < 4.78 is 0. The number of anilines is 1. The third-order valence-corrected chi connectivity index (χ3v) is 2.86. The van der Waals surface area contributed by atoms with Crippen molar-refractivity contribution in [2.75, 3.05) is 18.5 Å². The van der Waals surface area contributed by atoms with Gasteiger partial charge in [0.25, 0.3) is 0 Å². The predicted molar refractivity (Wildman–Crippen MR) is 76.9 cm³/mol. The molecular weight excluding hydrogens is 238 g/mol. The van der Waals surface area contributed by atoms with Crippen LogP contribution in [0.1, 0.15) is 32.3 Å². The fourth-order valence-corrected chi connectivity index (χ4v) is 1.73. The zero-order valence-electron chi connectivity index (χ0n) is 11.8. The number of carbonyl (C=O) groups is 1. The lowest BCUT2D eigenvalue weighted by Gasteiger charge is -2.17. The van der Waals surface area contributed by atoms with E-state index in [2.05, 4.69) is 25.2 Å². The van der Waals surface area contributed by atoms with Gasteiger partial charge in [-0.05, 0) is 31.2 Å². The van der Waals surface area contributed by atoms with E-state index in [0.717, 1.165) is 18.7 Å². The van der Waals surface area contributed by atoms with Crippen molar-refractivity contribution < 1.29 is 4.79 Å². The molecule has 0 aromatic heterocycles. The summed E-state index contributed by atoms with van der Waals surface area (Å²) in [5, 5.41) is 12.1. The van der Waals surface area contributed by atoms with E-state index in [9.17, 15) is 4.79 Å². The van der Waals surface area contributed by atoms with Gasteiger partial charge in [0.05, 0.1) is 11.6 Å². The number of hydrogen-bond donors (Lipinski definition) is 1. The highest BCUT2D eigenvalue weighted by molar-refractivity contribution is 5.92. The maximum atomic E-state index is 12.0. The van der Waals surface area contributed by atoms with Crippen LogP contribution in [0.15, 0.2) is 24.3 Å². The fourth-order valence-electron chi connectivity index (χ4n) is 1.73. The first-order valence-corrected chi connectivity index (χ1v) is 6.54. The van der Waals surface area contributed by atoms with E-state index in [1.165, 1.54) is 0 Å². The maximum absolute atomic E-state index is 12.0. The van der Waals surface area contributed by atoms with Crippen molar-refractivity contribution in [1.82, 2.24) is 5.32 Å². The van der Waals surface area contributed by atoms with E-state index in [-0.39, 0.29) is 5.91 Å². The number of amides is 1. The van der Waals surface area contributed by atoms with Crippen molar-refractivity contribution in [3.05, 3.63) is 29.8 Å². The number of carbonyl (C=O) groups excluding carboxylic acids is 1. The molecule has 0 saturated carbocycles. The molecule has 4 heteroatoms. The highest BCUT2D eigenvalue weighted by Gasteiger charge is 2.10. The first-order valence-electron chi connectivity index (χ1n) is 6.54. The summed E-state index contributed by atoms with van der Waals surface area (Å²) >= 11 is 0. The minimum Gasteiger partial charge on any atom is -0.315 e. The van der Waals surface area contributed by atoms with Crippen LogP contribution in [-0.4, -0.2) is 25.5 Å². The molecule has 0 aliphatic heterocycles. The Morgan fingerprint density at radius 3 is 2.84 bits per heavy atom. The average Bonchev–Trinajstić information content (AvgIpc) is 2.42. The lowest BCUT2D eigenvalue weighted by molar-refractivity contribution is -0.118. The van der Waals surface area contributed by atoms with Gasteiger partial charge in [0.1, 0.15) is 0 Å². The Morgan fingerprint density at radius 2 is 2.21 bits per heavy atom. The SMILES string of the molecule is CC(C)NCCCC(=O)N(C)c1cccc(C#N)c1. The van der Waals surface area contributed by atoms with E-state index in [4.69, 9.17) is 5.26 Å². The van der Waals surface area contributed by atoms with E-state index in [0.29, 0.717) is 18.0 Å². The Morgan fingerprint density at radius 1 is 1.47 bits per heavy atom. The molecule has 1 rings (SSSR count). The highest BCUT2D eigenvalue weighted by Crippen LogP contribution is 2.15. The van der Waals surface area contributed by atoms with Crippen molar-refractivity contribution >= 4 is 11.6 Å². The normalized spacial score (nSPS) is 10.3. The van der Waals surface area contributed by atoms with Gasteiger partial charge in [-0.25, -0.2) is 0 Å². The number of nitrogens with zero attached hydrogens (tertiary/aromatic N) is 2. The van der Waals surface area contributed by atoms with E-state index < -0.39 is 0 Å². The third kappa shape index (κ3) is 5.11. The molecule has 0 radical (unpaired) electrons. The van der Waals surface area contributed by atoms with Crippen LogP contribution in [0.3, 0.4) is 0 Å². The van der Waals surface area contributed by atoms with Gasteiger partial charge >= 0.3 is 0 Å². The van der Waals surface area contributed by atoms with E-state index >= 15 is 0 Å². The van der Waals surface area contributed by atoms with Crippen molar-refractivity contribution in [1.29, 1.82) is 5.26 Å². The van der Waals surface area contributed by atoms with Crippen LogP contribution in [0.25, 0.3) is 0 Å². The van der Waals surface area contributed by atoms with Crippen LogP contribution in [0, 0.1) is 11.3 Å². The molecule has 1 N–H and O–H groups in total. The molecule has 0 aliphatic rings. The molecule has 19 heavy (non-hydrogen) atoms. The zero-order chi connectivity index (χ0) is 14.3. The Labute approximate surface area is 115 Å². The molecule has 0 saturated heterocycles. The molecule has 1 aromatic carbocycles. The minimum atomic E-state index is 0.0700. The molecule has 1 amide bonds. The largest absolute Gasteiger partial charge is 0.315 e. The van der Waals surface area contributed by atoms with Crippen molar-refractivity contribution in [2.24, 2.45) is 0 Å². The summed E-state index contributed by atoms with van der Waals surface area (Å²) in [6.45, 7) is 5.01. The van der Waals surface area contributed by atoms with Crippen LogP contribution in [0.2, 0.25) is 0 Å². The van der Waals surface area contributed by atoms with Gasteiger partial charge in [-0.1, -0.05) is 19.9 Å². The molecule has 0 heterocycles. The lowest BCUT2D eigenvalue weighted by atomic mass is 10.2. The van der Waals surface area contributed by atoms with E-state index in [1.807, 2.05) is 6.07 Å². The first kappa shape index (κ1) is 15.2. The topological polar surface area (TPSA) is 56.1 Å². The molecule has 0 fully saturated rings. The van der Waals surface area contributed by atoms with Gasteiger partial charge in [-0.2, -0.15) is 5.26 Å². The summed E-state index contributed by atoms with van der Waals surface area (Å²) in [4.78, 5) is 13.6. The Bertz CT molecular complexity index is 463. The summed E-state index contributed by atoms with van der Waals surface area (Å²) in [5.74, 6) is 0.0700. The van der Waals surface area contributed by atoms with Gasteiger partial charge in [0.15, 0.2) is 0 Å².